The minimum atomic E-state index is -0.495. The van der Waals surface area contributed by atoms with Crippen LogP contribution in [0.3, 0.4) is 0 Å². The second-order valence-corrected chi connectivity index (χ2v) is 7.44. The maximum Gasteiger partial charge on any atom is 0.407 e. The van der Waals surface area contributed by atoms with Gasteiger partial charge in [0.15, 0.2) is 0 Å². The lowest BCUT2D eigenvalue weighted by Crippen LogP contribution is -2.62. The Morgan fingerprint density at radius 3 is 2.32 bits per heavy atom. The maximum atomic E-state index is 11.9. The Morgan fingerprint density at radius 2 is 1.86 bits per heavy atom. The Labute approximate surface area is 135 Å². The first-order valence-electron chi connectivity index (χ1n) is 8.38. The van der Waals surface area contributed by atoms with Crippen molar-refractivity contribution >= 4 is 6.09 Å². The summed E-state index contributed by atoms with van der Waals surface area (Å²) in [5.74, 6) is 0. The molecule has 1 heterocycles. The van der Waals surface area contributed by atoms with E-state index in [1.54, 1.807) is 0 Å². The number of alkyl carbamates (subject to hydrolysis) is 1. The second kappa shape index (κ2) is 8.13. The number of nitrogens with one attached hydrogen (secondary N) is 2. The number of nitrogens with zero attached hydrogens (tertiary/aromatic N) is 1. The van der Waals surface area contributed by atoms with Crippen molar-refractivity contribution in [3.63, 3.8) is 0 Å². The number of carbonyl (C=O) groups is 1. The third-order valence-electron chi connectivity index (χ3n) is 4.11. The van der Waals surface area contributed by atoms with E-state index in [9.17, 15) is 4.79 Å². The molecule has 0 aromatic rings. The summed E-state index contributed by atoms with van der Waals surface area (Å²) in [6, 6.07) is 0.828. The largest absolute Gasteiger partial charge is 0.444 e. The molecule has 1 fully saturated rings. The van der Waals surface area contributed by atoms with Gasteiger partial charge in [0, 0.05) is 24.7 Å². The summed E-state index contributed by atoms with van der Waals surface area (Å²) in [6.45, 7) is 12.4. The zero-order chi connectivity index (χ0) is 16.9. The molecular weight excluding hydrogens is 280 g/mol. The fourth-order valence-corrected chi connectivity index (χ4v) is 2.83. The Bertz CT molecular complexity index is 347. The number of piperidine rings is 1. The molecule has 6 nitrogen and oxygen atoms in total. The third kappa shape index (κ3) is 6.10. The summed E-state index contributed by atoms with van der Waals surface area (Å²) < 4.78 is 5.30. The van der Waals surface area contributed by atoms with Gasteiger partial charge in [0.2, 0.25) is 0 Å². The van der Waals surface area contributed by atoms with Crippen LogP contribution in [-0.2, 0) is 4.74 Å². The number of amides is 1. The minimum absolute atomic E-state index is 0.0180. The molecular formula is C16H34N4O2. The summed E-state index contributed by atoms with van der Waals surface area (Å²) in [7, 11) is 0. The lowest BCUT2D eigenvalue weighted by Gasteiger charge is -2.42. The molecule has 4 unspecified atom stereocenters. The lowest BCUT2D eigenvalue weighted by atomic mass is 9.99. The van der Waals surface area contributed by atoms with Crippen molar-refractivity contribution in [3.8, 4) is 0 Å². The number of hydrazine groups is 1. The summed E-state index contributed by atoms with van der Waals surface area (Å²) in [6.07, 6.45) is 3.23. The topological polar surface area (TPSA) is 79.6 Å². The molecule has 6 heteroatoms. The molecule has 1 aliphatic rings. The van der Waals surface area contributed by atoms with Crippen LogP contribution < -0.4 is 16.5 Å². The van der Waals surface area contributed by atoms with E-state index in [4.69, 9.17) is 10.5 Å². The monoisotopic (exact) mass is 314 g/mol. The second-order valence-electron chi connectivity index (χ2n) is 7.44. The molecule has 130 valence electrons. The first kappa shape index (κ1) is 19.2. The summed E-state index contributed by atoms with van der Waals surface area (Å²) in [5, 5.41) is 5.16. The van der Waals surface area contributed by atoms with Crippen LogP contribution in [0.4, 0.5) is 4.79 Å². The molecule has 1 saturated heterocycles. The van der Waals surface area contributed by atoms with Gasteiger partial charge < -0.3 is 15.8 Å². The van der Waals surface area contributed by atoms with Crippen LogP contribution in [0.15, 0.2) is 0 Å². The number of carbonyl (C=O) groups excluding carboxylic acids is 1. The number of ether oxygens (including phenoxy) is 1. The zero-order valence-corrected chi connectivity index (χ0v) is 15.0. The Hall–Kier alpha value is -0.850. The Balaban J connectivity index is 2.57. The molecule has 0 spiro atoms. The van der Waals surface area contributed by atoms with Crippen LogP contribution in [-0.4, -0.2) is 47.4 Å². The highest BCUT2D eigenvalue weighted by Crippen LogP contribution is 2.20. The fraction of sp³-hybridized carbons (Fsp3) is 0.938. The molecule has 22 heavy (non-hydrogen) atoms. The lowest BCUT2D eigenvalue weighted by molar-refractivity contribution is 0.0212. The average Bonchev–Trinajstić information content (AvgIpc) is 2.35. The van der Waals surface area contributed by atoms with Crippen molar-refractivity contribution in [1.82, 2.24) is 15.8 Å². The van der Waals surface area contributed by atoms with Gasteiger partial charge in [0.25, 0.3) is 0 Å². The van der Waals surface area contributed by atoms with E-state index in [0.29, 0.717) is 18.6 Å². The molecule has 0 saturated carbocycles. The van der Waals surface area contributed by atoms with Crippen LogP contribution in [0.2, 0.25) is 0 Å². The van der Waals surface area contributed by atoms with Crippen molar-refractivity contribution in [3.05, 3.63) is 0 Å². The average molecular weight is 314 g/mol. The van der Waals surface area contributed by atoms with Crippen LogP contribution in [0.5, 0.6) is 0 Å². The fourth-order valence-electron chi connectivity index (χ4n) is 2.83. The van der Waals surface area contributed by atoms with Gasteiger partial charge in [0.05, 0.1) is 6.04 Å². The van der Waals surface area contributed by atoms with Gasteiger partial charge in [-0.2, -0.15) is 0 Å². The van der Waals surface area contributed by atoms with Crippen molar-refractivity contribution in [2.75, 3.05) is 6.54 Å². The molecule has 1 rings (SSSR count). The van der Waals surface area contributed by atoms with Crippen LogP contribution in [0.25, 0.3) is 0 Å². The number of rotatable bonds is 5. The molecule has 0 aromatic carbocycles. The minimum Gasteiger partial charge on any atom is -0.444 e. The van der Waals surface area contributed by atoms with Gasteiger partial charge in [-0.1, -0.05) is 6.42 Å². The Morgan fingerprint density at radius 1 is 1.32 bits per heavy atom. The number of nitrogens with two attached hydrogens (primary N) is 1. The van der Waals surface area contributed by atoms with E-state index in [1.807, 2.05) is 27.7 Å². The highest BCUT2D eigenvalue weighted by Gasteiger charge is 2.29. The van der Waals surface area contributed by atoms with Gasteiger partial charge in [-0.05, 0) is 54.4 Å². The predicted molar refractivity (Wildman–Crippen MR) is 89.4 cm³/mol. The first-order valence-corrected chi connectivity index (χ1v) is 8.38. The first-order chi connectivity index (χ1) is 10.1. The van der Waals surface area contributed by atoms with E-state index in [0.717, 1.165) is 0 Å². The van der Waals surface area contributed by atoms with E-state index in [1.165, 1.54) is 19.3 Å². The van der Waals surface area contributed by atoms with Crippen molar-refractivity contribution in [2.45, 2.75) is 90.6 Å². The third-order valence-corrected chi connectivity index (χ3v) is 4.11. The molecule has 4 N–H and O–H groups in total. The van der Waals surface area contributed by atoms with Gasteiger partial charge >= 0.3 is 6.09 Å². The predicted octanol–water partition coefficient (Wildman–Crippen LogP) is 1.99. The molecule has 0 aromatic heterocycles. The van der Waals surface area contributed by atoms with E-state index in [2.05, 4.69) is 29.6 Å². The van der Waals surface area contributed by atoms with Crippen LogP contribution >= 0.6 is 0 Å². The highest BCUT2D eigenvalue weighted by atomic mass is 16.6. The van der Waals surface area contributed by atoms with Crippen LogP contribution in [0, 0.1) is 0 Å². The summed E-state index contributed by atoms with van der Waals surface area (Å²) >= 11 is 0. The van der Waals surface area contributed by atoms with Crippen molar-refractivity contribution in [1.29, 1.82) is 0 Å². The SMILES string of the molecule is CC(NC(=O)OC(C)(C)C)C(CN)NN1C(C)CCCC1C. The number of hydrogen-bond acceptors (Lipinski definition) is 5. The molecule has 0 aliphatic carbocycles. The zero-order valence-electron chi connectivity index (χ0n) is 15.0. The molecule has 0 radical (unpaired) electrons. The van der Waals surface area contributed by atoms with E-state index >= 15 is 0 Å². The van der Waals surface area contributed by atoms with Gasteiger partial charge in [0.1, 0.15) is 5.60 Å². The van der Waals surface area contributed by atoms with E-state index < -0.39 is 11.7 Å². The van der Waals surface area contributed by atoms with Crippen molar-refractivity contribution < 1.29 is 9.53 Å². The van der Waals surface area contributed by atoms with Gasteiger partial charge in [-0.3, -0.25) is 0 Å². The molecule has 0 bridgehead atoms. The molecule has 1 aliphatic heterocycles. The quantitative estimate of drug-likeness (QED) is 0.723. The van der Waals surface area contributed by atoms with E-state index in [-0.39, 0.29) is 12.1 Å². The highest BCUT2D eigenvalue weighted by molar-refractivity contribution is 5.68. The molecule has 1 amide bonds. The maximum absolute atomic E-state index is 11.9. The number of hydrogen-bond donors (Lipinski definition) is 3. The summed E-state index contributed by atoms with van der Waals surface area (Å²) in [5.41, 5.74) is 8.92. The van der Waals surface area contributed by atoms with Crippen LogP contribution in [0.1, 0.15) is 60.8 Å². The summed E-state index contributed by atoms with van der Waals surface area (Å²) in [4.78, 5) is 11.9. The van der Waals surface area contributed by atoms with Crippen molar-refractivity contribution in [2.24, 2.45) is 5.73 Å². The molecule has 4 atom stereocenters. The smallest absolute Gasteiger partial charge is 0.407 e. The normalized spacial score (nSPS) is 26.3. The van der Waals surface area contributed by atoms with Gasteiger partial charge in [-0.15, -0.1) is 0 Å². The standard InChI is InChI=1S/C16H34N4O2/c1-11-8-7-9-12(2)20(11)19-14(10-17)13(3)18-15(21)22-16(4,5)6/h11-14,19H,7-10,17H2,1-6H3,(H,18,21). The Kier molecular flexibility index (Phi) is 7.09. The van der Waals surface area contributed by atoms with Gasteiger partial charge in [-0.25, -0.2) is 15.2 Å².